The van der Waals surface area contributed by atoms with Crippen molar-refractivity contribution >= 4 is 5.97 Å². The van der Waals surface area contributed by atoms with Crippen LogP contribution in [0.4, 0.5) is 0 Å². The lowest BCUT2D eigenvalue weighted by Crippen LogP contribution is -2.25. The van der Waals surface area contributed by atoms with E-state index in [1.807, 2.05) is 30.3 Å². The molecule has 3 nitrogen and oxygen atoms in total. The molecule has 1 aromatic rings. The quantitative estimate of drug-likeness (QED) is 0.736. The molecule has 0 aliphatic carbocycles. The molecule has 0 unspecified atom stereocenters. The Labute approximate surface area is 115 Å². The molecule has 106 valence electrons. The molecular formula is C16H24O3. The van der Waals surface area contributed by atoms with Crippen molar-refractivity contribution in [2.24, 2.45) is 5.92 Å². The summed E-state index contributed by atoms with van der Waals surface area (Å²) in [5, 5.41) is 8.98. The molecule has 1 N–H and O–H groups in total. The van der Waals surface area contributed by atoms with Gasteiger partial charge in [-0.3, -0.25) is 4.79 Å². The molecule has 3 heteroatoms. The van der Waals surface area contributed by atoms with Gasteiger partial charge in [0.2, 0.25) is 0 Å². The number of carboxylic acid groups (broad SMARTS) is 1. The number of ether oxygens (including phenoxy) is 1. The highest BCUT2D eigenvalue weighted by Gasteiger charge is 2.20. The minimum Gasteiger partial charge on any atom is -0.481 e. The second-order valence-electron chi connectivity index (χ2n) is 5.05. The molecule has 0 radical (unpaired) electrons. The van der Waals surface area contributed by atoms with Crippen molar-refractivity contribution in [3.63, 3.8) is 0 Å². The molecule has 1 rings (SSSR count). The summed E-state index contributed by atoms with van der Waals surface area (Å²) < 4.78 is 5.82. The van der Waals surface area contributed by atoms with Crippen LogP contribution in [0.5, 0.6) is 0 Å². The maximum Gasteiger partial charge on any atom is 0.305 e. The molecule has 0 saturated carbocycles. The normalized spacial score (nSPS) is 14.0. The van der Waals surface area contributed by atoms with Crippen LogP contribution < -0.4 is 0 Å². The Kier molecular flexibility index (Phi) is 7.19. The first-order valence-electron chi connectivity index (χ1n) is 7.00. The van der Waals surface area contributed by atoms with E-state index >= 15 is 0 Å². The van der Waals surface area contributed by atoms with Crippen molar-refractivity contribution < 1.29 is 14.6 Å². The molecule has 0 aromatic heterocycles. The van der Waals surface area contributed by atoms with Gasteiger partial charge in [0.1, 0.15) is 0 Å². The van der Waals surface area contributed by atoms with Gasteiger partial charge in [0.05, 0.1) is 19.1 Å². The third kappa shape index (κ3) is 6.39. The van der Waals surface area contributed by atoms with Gasteiger partial charge in [-0.25, -0.2) is 0 Å². The van der Waals surface area contributed by atoms with Gasteiger partial charge in [-0.05, 0) is 17.9 Å². The Morgan fingerprint density at radius 2 is 2.00 bits per heavy atom. The molecule has 19 heavy (non-hydrogen) atoms. The Balaban J connectivity index is 2.51. The first kappa shape index (κ1) is 15.7. The van der Waals surface area contributed by atoms with Crippen LogP contribution in [0, 0.1) is 5.92 Å². The minimum absolute atomic E-state index is 0.0811. The van der Waals surface area contributed by atoms with Crippen LogP contribution in [0.25, 0.3) is 0 Å². The summed E-state index contributed by atoms with van der Waals surface area (Å²) in [5.74, 6) is -0.513. The number of unbranched alkanes of at least 4 members (excludes halogenated alkanes) is 1. The van der Waals surface area contributed by atoms with Crippen molar-refractivity contribution in [2.45, 2.75) is 52.2 Å². The molecule has 0 saturated heterocycles. The summed E-state index contributed by atoms with van der Waals surface area (Å²) in [6.45, 7) is 4.70. The maximum absolute atomic E-state index is 10.9. The predicted molar refractivity (Wildman–Crippen MR) is 76.0 cm³/mol. The SMILES string of the molecule is CCCC[C@H](C)[C@@H](CC(=O)O)OCc1ccccc1. The lowest BCUT2D eigenvalue weighted by Gasteiger charge is -2.23. The van der Waals surface area contributed by atoms with E-state index in [4.69, 9.17) is 9.84 Å². The number of carbonyl (C=O) groups is 1. The third-order valence-electron chi connectivity index (χ3n) is 3.33. The molecule has 0 heterocycles. The van der Waals surface area contributed by atoms with Gasteiger partial charge in [0.25, 0.3) is 0 Å². The smallest absolute Gasteiger partial charge is 0.305 e. The van der Waals surface area contributed by atoms with Gasteiger partial charge in [0, 0.05) is 0 Å². The molecular weight excluding hydrogens is 240 g/mol. The van der Waals surface area contributed by atoms with Gasteiger partial charge < -0.3 is 9.84 Å². The third-order valence-corrected chi connectivity index (χ3v) is 3.33. The summed E-state index contributed by atoms with van der Waals surface area (Å²) >= 11 is 0. The van der Waals surface area contributed by atoms with Crippen molar-refractivity contribution in [1.82, 2.24) is 0 Å². The molecule has 0 spiro atoms. The molecule has 0 aliphatic heterocycles. The van der Waals surface area contributed by atoms with Gasteiger partial charge in [-0.15, -0.1) is 0 Å². The lowest BCUT2D eigenvalue weighted by molar-refractivity contribution is -0.141. The number of aliphatic carboxylic acids is 1. The van der Waals surface area contributed by atoms with Gasteiger partial charge >= 0.3 is 5.97 Å². The van der Waals surface area contributed by atoms with Crippen LogP contribution in [-0.4, -0.2) is 17.2 Å². The average molecular weight is 264 g/mol. The number of hydrogen-bond donors (Lipinski definition) is 1. The van der Waals surface area contributed by atoms with E-state index in [2.05, 4.69) is 13.8 Å². The van der Waals surface area contributed by atoms with Gasteiger partial charge in [0.15, 0.2) is 0 Å². The lowest BCUT2D eigenvalue weighted by atomic mass is 9.95. The molecule has 0 bridgehead atoms. The fourth-order valence-electron chi connectivity index (χ4n) is 2.09. The minimum atomic E-state index is -0.790. The fourth-order valence-corrected chi connectivity index (χ4v) is 2.09. The van der Waals surface area contributed by atoms with Crippen LogP contribution in [0.3, 0.4) is 0 Å². The van der Waals surface area contributed by atoms with E-state index in [9.17, 15) is 4.79 Å². The van der Waals surface area contributed by atoms with Crippen molar-refractivity contribution in [1.29, 1.82) is 0 Å². The Hall–Kier alpha value is -1.35. The van der Waals surface area contributed by atoms with Crippen LogP contribution in [0.1, 0.15) is 45.1 Å². The highest BCUT2D eigenvalue weighted by Crippen LogP contribution is 2.19. The van der Waals surface area contributed by atoms with E-state index < -0.39 is 5.97 Å². The van der Waals surface area contributed by atoms with E-state index in [0.717, 1.165) is 24.8 Å². The van der Waals surface area contributed by atoms with Crippen molar-refractivity contribution in [2.75, 3.05) is 0 Å². The standard InChI is InChI=1S/C16H24O3/c1-3-4-8-13(2)15(11-16(17)18)19-12-14-9-6-5-7-10-14/h5-7,9-10,13,15H,3-4,8,11-12H2,1-2H3,(H,17,18)/t13-,15+/m0/s1. The first-order chi connectivity index (χ1) is 9.13. The number of carboxylic acids is 1. The highest BCUT2D eigenvalue weighted by molar-refractivity contribution is 5.67. The zero-order chi connectivity index (χ0) is 14.1. The second kappa shape index (κ2) is 8.70. The molecule has 0 amide bonds. The Bertz CT molecular complexity index is 362. The zero-order valence-corrected chi connectivity index (χ0v) is 11.8. The predicted octanol–water partition coefficient (Wildman–Crippen LogP) is 3.87. The number of rotatable bonds is 9. The number of benzene rings is 1. The van der Waals surface area contributed by atoms with Crippen LogP contribution >= 0.6 is 0 Å². The van der Waals surface area contributed by atoms with Crippen molar-refractivity contribution in [3.8, 4) is 0 Å². The van der Waals surface area contributed by atoms with E-state index in [-0.39, 0.29) is 18.4 Å². The second-order valence-corrected chi connectivity index (χ2v) is 5.05. The van der Waals surface area contributed by atoms with E-state index in [1.165, 1.54) is 0 Å². The fraction of sp³-hybridized carbons (Fsp3) is 0.562. The summed E-state index contributed by atoms with van der Waals surface area (Å²) in [4.78, 5) is 10.9. The summed E-state index contributed by atoms with van der Waals surface area (Å²) in [7, 11) is 0. The van der Waals surface area contributed by atoms with Crippen LogP contribution in [0.2, 0.25) is 0 Å². The molecule has 0 fully saturated rings. The van der Waals surface area contributed by atoms with Gasteiger partial charge in [-0.2, -0.15) is 0 Å². The van der Waals surface area contributed by atoms with Crippen LogP contribution in [0.15, 0.2) is 30.3 Å². The monoisotopic (exact) mass is 264 g/mol. The highest BCUT2D eigenvalue weighted by atomic mass is 16.5. The molecule has 0 aliphatic rings. The molecule has 1 aromatic carbocycles. The maximum atomic E-state index is 10.9. The topological polar surface area (TPSA) is 46.5 Å². The zero-order valence-electron chi connectivity index (χ0n) is 11.8. The summed E-state index contributed by atoms with van der Waals surface area (Å²) in [5.41, 5.74) is 1.08. The summed E-state index contributed by atoms with van der Waals surface area (Å²) in [6.07, 6.45) is 3.14. The van der Waals surface area contributed by atoms with E-state index in [1.54, 1.807) is 0 Å². The molecule has 2 atom stereocenters. The average Bonchev–Trinajstić information content (AvgIpc) is 2.41. The van der Waals surface area contributed by atoms with Gasteiger partial charge in [-0.1, -0.05) is 57.0 Å². The first-order valence-corrected chi connectivity index (χ1v) is 7.00. The largest absolute Gasteiger partial charge is 0.481 e. The van der Waals surface area contributed by atoms with E-state index in [0.29, 0.717) is 6.61 Å². The Morgan fingerprint density at radius 1 is 1.32 bits per heavy atom. The van der Waals surface area contributed by atoms with Crippen molar-refractivity contribution in [3.05, 3.63) is 35.9 Å². The Morgan fingerprint density at radius 3 is 2.58 bits per heavy atom. The number of hydrogen-bond acceptors (Lipinski definition) is 2. The van der Waals surface area contributed by atoms with Crippen LogP contribution in [-0.2, 0) is 16.1 Å². The summed E-state index contributed by atoms with van der Waals surface area (Å²) in [6, 6.07) is 9.88.